The summed E-state index contributed by atoms with van der Waals surface area (Å²) in [5, 5.41) is 15.2. The van der Waals surface area contributed by atoms with Gasteiger partial charge in [0, 0.05) is 34.6 Å². The fourth-order valence-corrected chi connectivity index (χ4v) is 3.62. The van der Waals surface area contributed by atoms with Crippen LogP contribution in [0.2, 0.25) is 5.02 Å². The highest BCUT2D eigenvalue weighted by atomic mass is 35.5. The number of furan rings is 1. The first-order valence-electron chi connectivity index (χ1n) is 8.87. The third-order valence-corrected chi connectivity index (χ3v) is 5.08. The van der Waals surface area contributed by atoms with Crippen LogP contribution in [0.3, 0.4) is 0 Å². The van der Waals surface area contributed by atoms with Gasteiger partial charge in [0.05, 0.1) is 6.07 Å². The average molecular weight is 410 g/mol. The molecule has 4 rings (SSSR count). The standard InChI is InChI=1S/C21H16ClN3O4/c22-17-7-3-1-5-13(17)15(16-11-23-18-8-4-2-6-14(16)18)12-24-21(26)19-9-10-20(29-19)25(27)28/h1-11,15,23H,12H2,(H,24,26). The number of aromatic amines is 1. The molecule has 0 bridgehead atoms. The fraction of sp³-hybridized carbons (Fsp3) is 0.0952. The van der Waals surface area contributed by atoms with E-state index < -0.39 is 16.7 Å². The number of rotatable bonds is 6. The highest BCUT2D eigenvalue weighted by molar-refractivity contribution is 6.31. The third kappa shape index (κ3) is 3.72. The Balaban J connectivity index is 1.65. The van der Waals surface area contributed by atoms with Crippen molar-refractivity contribution in [1.29, 1.82) is 0 Å². The van der Waals surface area contributed by atoms with Crippen molar-refractivity contribution >= 4 is 34.3 Å². The molecule has 0 aliphatic rings. The van der Waals surface area contributed by atoms with Crippen molar-refractivity contribution in [3.05, 3.63) is 98.9 Å². The molecule has 2 heterocycles. The molecule has 29 heavy (non-hydrogen) atoms. The van der Waals surface area contributed by atoms with Crippen molar-refractivity contribution in [2.75, 3.05) is 6.54 Å². The number of aromatic nitrogens is 1. The Hall–Kier alpha value is -3.58. The van der Waals surface area contributed by atoms with Crippen molar-refractivity contribution in [1.82, 2.24) is 10.3 Å². The zero-order valence-electron chi connectivity index (χ0n) is 15.1. The lowest BCUT2D eigenvalue weighted by atomic mass is 9.90. The third-order valence-electron chi connectivity index (χ3n) is 4.74. The van der Waals surface area contributed by atoms with Crippen LogP contribution in [0.25, 0.3) is 10.9 Å². The molecule has 0 aliphatic carbocycles. The second-order valence-corrected chi connectivity index (χ2v) is 6.88. The van der Waals surface area contributed by atoms with Gasteiger partial charge in [-0.1, -0.05) is 48.0 Å². The molecular formula is C21H16ClN3O4. The zero-order valence-corrected chi connectivity index (χ0v) is 15.8. The molecule has 0 saturated carbocycles. The van der Waals surface area contributed by atoms with Crippen LogP contribution in [-0.4, -0.2) is 22.4 Å². The molecule has 1 amide bonds. The second kappa shape index (κ2) is 7.81. The molecule has 0 saturated heterocycles. The first kappa shape index (κ1) is 18.8. The molecule has 0 fully saturated rings. The number of fused-ring (bicyclic) bond motifs is 1. The topological polar surface area (TPSA) is 101 Å². The number of halogens is 1. The lowest BCUT2D eigenvalue weighted by molar-refractivity contribution is -0.402. The Kier molecular flexibility index (Phi) is 5.05. The minimum atomic E-state index is -0.685. The summed E-state index contributed by atoms with van der Waals surface area (Å²) in [5.41, 5.74) is 2.83. The molecule has 4 aromatic rings. The normalized spacial score (nSPS) is 12.0. The van der Waals surface area contributed by atoms with Crippen LogP contribution >= 0.6 is 11.6 Å². The van der Waals surface area contributed by atoms with Gasteiger partial charge in [0.2, 0.25) is 0 Å². The molecule has 2 aromatic carbocycles. The quantitative estimate of drug-likeness (QED) is 0.350. The van der Waals surface area contributed by atoms with Gasteiger partial charge in [-0.3, -0.25) is 14.9 Å². The molecule has 0 spiro atoms. The number of nitrogens with one attached hydrogen (secondary N) is 2. The summed E-state index contributed by atoms with van der Waals surface area (Å²) < 4.78 is 4.99. The molecule has 2 N–H and O–H groups in total. The van der Waals surface area contributed by atoms with Crippen molar-refractivity contribution in [2.24, 2.45) is 0 Å². The van der Waals surface area contributed by atoms with Crippen LogP contribution in [-0.2, 0) is 0 Å². The van der Waals surface area contributed by atoms with Gasteiger partial charge in [-0.05, 0) is 29.3 Å². The summed E-state index contributed by atoms with van der Waals surface area (Å²) in [6.07, 6.45) is 1.91. The summed E-state index contributed by atoms with van der Waals surface area (Å²) in [5.74, 6) is -1.35. The minimum Gasteiger partial charge on any atom is -0.395 e. The van der Waals surface area contributed by atoms with E-state index in [9.17, 15) is 14.9 Å². The maximum atomic E-state index is 12.5. The van der Waals surface area contributed by atoms with Gasteiger partial charge < -0.3 is 14.7 Å². The molecule has 1 unspecified atom stereocenters. The van der Waals surface area contributed by atoms with Crippen LogP contribution in [0.15, 0.2) is 71.3 Å². The van der Waals surface area contributed by atoms with E-state index >= 15 is 0 Å². The molecule has 8 heteroatoms. The van der Waals surface area contributed by atoms with Crippen molar-refractivity contribution in [3.63, 3.8) is 0 Å². The zero-order chi connectivity index (χ0) is 20.4. The fourth-order valence-electron chi connectivity index (χ4n) is 3.36. The summed E-state index contributed by atoms with van der Waals surface area (Å²) in [6, 6.07) is 17.8. The molecule has 0 aliphatic heterocycles. The summed E-state index contributed by atoms with van der Waals surface area (Å²) in [7, 11) is 0. The first-order chi connectivity index (χ1) is 14.0. The highest BCUT2D eigenvalue weighted by Crippen LogP contribution is 2.34. The lowest BCUT2D eigenvalue weighted by Gasteiger charge is -2.19. The number of carbonyl (C=O) groups excluding carboxylic acids is 1. The molecule has 1 atom stereocenters. The molecule has 7 nitrogen and oxygen atoms in total. The summed E-state index contributed by atoms with van der Waals surface area (Å²) in [4.78, 5) is 25.8. The van der Waals surface area contributed by atoms with Gasteiger partial charge in [0.15, 0.2) is 5.76 Å². The SMILES string of the molecule is O=C(NCC(c1ccccc1Cl)c1c[nH]c2ccccc12)c1ccc([N+](=O)[O-])o1. The van der Waals surface area contributed by atoms with Gasteiger partial charge in [0.25, 0.3) is 5.91 Å². The Bertz CT molecular complexity index is 1200. The van der Waals surface area contributed by atoms with Gasteiger partial charge in [-0.2, -0.15) is 0 Å². The Morgan fingerprint density at radius 1 is 1.10 bits per heavy atom. The van der Waals surface area contributed by atoms with Crippen molar-refractivity contribution < 1.29 is 14.1 Å². The van der Waals surface area contributed by atoms with E-state index in [4.69, 9.17) is 16.0 Å². The number of nitro groups is 1. The number of hydrogen-bond acceptors (Lipinski definition) is 4. The molecule has 2 aromatic heterocycles. The lowest BCUT2D eigenvalue weighted by Crippen LogP contribution is -2.28. The molecular weight excluding hydrogens is 394 g/mol. The van der Waals surface area contributed by atoms with E-state index in [1.54, 1.807) is 6.07 Å². The molecule has 146 valence electrons. The Labute approximate surface area is 170 Å². The average Bonchev–Trinajstić information content (AvgIpc) is 3.37. The van der Waals surface area contributed by atoms with Gasteiger partial charge in [0.1, 0.15) is 4.92 Å². The van der Waals surface area contributed by atoms with Crippen molar-refractivity contribution in [3.8, 4) is 0 Å². The van der Waals surface area contributed by atoms with Crippen LogP contribution in [0.4, 0.5) is 5.88 Å². The number of para-hydroxylation sites is 1. The van der Waals surface area contributed by atoms with E-state index in [1.165, 1.54) is 6.07 Å². The summed E-state index contributed by atoms with van der Waals surface area (Å²) >= 11 is 6.44. The number of H-pyrrole nitrogens is 1. The number of hydrogen-bond donors (Lipinski definition) is 2. The Morgan fingerprint density at radius 2 is 1.86 bits per heavy atom. The van der Waals surface area contributed by atoms with Crippen LogP contribution in [0, 0.1) is 10.1 Å². The summed E-state index contributed by atoms with van der Waals surface area (Å²) in [6.45, 7) is 0.235. The minimum absolute atomic E-state index is 0.117. The van der Waals surface area contributed by atoms with E-state index in [1.807, 2.05) is 48.7 Å². The number of nitrogens with zero attached hydrogens (tertiary/aromatic N) is 1. The first-order valence-corrected chi connectivity index (χ1v) is 9.25. The second-order valence-electron chi connectivity index (χ2n) is 6.47. The highest BCUT2D eigenvalue weighted by Gasteiger charge is 2.23. The number of carbonyl (C=O) groups is 1. The maximum absolute atomic E-state index is 12.5. The van der Waals surface area contributed by atoms with Gasteiger partial charge >= 0.3 is 5.88 Å². The largest absolute Gasteiger partial charge is 0.433 e. The predicted molar refractivity (Wildman–Crippen MR) is 109 cm³/mol. The maximum Gasteiger partial charge on any atom is 0.433 e. The molecule has 0 radical (unpaired) electrons. The van der Waals surface area contributed by atoms with E-state index in [-0.39, 0.29) is 18.2 Å². The predicted octanol–water partition coefficient (Wildman–Crippen LogP) is 4.88. The van der Waals surface area contributed by atoms with Crippen LogP contribution in [0.1, 0.15) is 27.6 Å². The van der Waals surface area contributed by atoms with Crippen LogP contribution < -0.4 is 5.32 Å². The number of benzene rings is 2. The van der Waals surface area contributed by atoms with Crippen LogP contribution in [0.5, 0.6) is 0 Å². The Morgan fingerprint density at radius 3 is 2.62 bits per heavy atom. The van der Waals surface area contributed by atoms with Gasteiger partial charge in [-0.25, -0.2) is 0 Å². The monoisotopic (exact) mass is 409 g/mol. The van der Waals surface area contributed by atoms with Crippen molar-refractivity contribution in [2.45, 2.75) is 5.92 Å². The van der Waals surface area contributed by atoms with E-state index in [0.717, 1.165) is 28.1 Å². The van der Waals surface area contributed by atoms with E-state index in [0.29, 0.717) is 5.02 Å². The number of amides is 1. The smallest absolute Gasteiger partial charge is 0.395 e. The van der Waals surface area contributed by atoms with Gasteiger partial charge in [-0.15, -0.1) is 0 Å². The van der Waals surface area contributed by atoms with E-state index in [2.05, 4.69) is 10.3 Å².